The van der Waals surface area contributed by atoms with E-state index in [4.69, 9.17) is 23.8 Å². The second kappa shape index (κ2) is 24.2. The lowest BCUT2D eigenvalue weighted by molar-refractivity contribution is 0.571. The average Bonchev–Trinajstić information content (AvgIpc) is 1.56. The van der Waals surface area contributed by atoms with Crippen molar-refractivity contribution < 1.29 is 8.83 Å². The molecule has 0 saturated heterocycles. The van der Waals surface area contributed by atoms with E-state index < -0.39 is 5.63 Å². The fourth-order valence-corrected chi connectivity index (χ4v) is 19.1. The van der Waals surface area contributed by atoms with Gasteiger partial charge in [0.15, 0.2) is 28.6 Å². The van der Waals surface area contributed by atoms with Crippen LogP contribution in [0.25, 0.3) is 230 Å². The van der Waals surface area contributed by atoms with Crippen molar-refractivity contribution in [1.29, 1.82) is 0 Å². The summed E-state index contributed by atoms with van der Waals surface area (Å²) in [7, 11) is 0. The highest BCUT2D eigenvalue weighted by Crippen LogP contribution is 2.48. The largest absolute Gasteiger partial charge is 0.420 e. The fraction of sp³-hybridized carbons (Fsp3) is 0. The molecule has 0 unspecified atom stereocenters. The zero-order valence-corrected chi connectivity index (χ0v) is 60.9. The van der Waals surface area contributed by atoms with Crippen LogP contribution in [0.1, 0.15) is 0 Å². The summed E-state index contributed by atoms with van der Waals surface area (Å²) < 4.78 is 24.6. The van der Waals surface area contributed by atoms with Crippen LogP contribution in [0.3, 0.4) is 0 Å². The highest BCUT2D eigenvalue weighted by atomic mass is 32.1. The van der Waals surface area contributed by atoms with E-state index in [1.165, 1.54) is 0 Å². The summed E-state index contributed by atoms with van der Waals surface area (Å²) in [5.41, 5.74) is 19.1. The molecule has 24 rings (SSSR count). The Kier molecular flexibility index (Phi) is 13.5. The van der Waals surface area contributed by atoms with Crippen molar-refractivity contribution in [2.45, 2.75) is 0 Å². The second-order valence-electron chi connectivity index (χ2n) is 29.2. The van der Waals surface area contributed by atoms with Crippen LogP contribution in [0.2, 0.25) is 0 Å². The van der Waals surface area contributed by atoms with Gasteiger partial charge in [-0.3, -0.25) is 0 Å². The lowest BCUT2D eigenvalue weighted by atomic mass is 9.96. The predicted octanol–water partition coefficient (Wildman–Crippen LogP) is 25.5. The molecule has 11 nitrogen and oxygen atoms in total. The summed E-state index contributed by atoms with van der Waals surface area (Å²) in [4.78, 5) is 43.6. The molecule has 0 atom stereocenters. The third kappa shape index (κ3) is 9.45. The molecule has 113 heavy (non-hydrogen) atoms. The van der Waals surface area contributed by atoms with Crippen LogP contribution in [0, 0.1) is 0 Å². The van der Waals surface area contributed by atoms with Gasteiger partial charge < -0.3 is 27.1 Å². The number of benzene rings is 16. The molecular formula is C101H57N7O4S. The maximum Gasteiger partial charge on any atom is 0.344 e. The Morgan fingerprint density at radius 1 is 0.230 bits per heavy atom. The van der Waals surface area contributed by atoms with E-state index in [2.05, 4.69) is 255 Å². The van der Waals surface area contributed by atoms with Crippen LogP contribution < -0.4 is 11.3 Å². The van der Waals surface area contributed by atoms with E-state index in [-0.39, 0.29) is 5.63 Å². The zero-order chi connectivity index (χ0) is 74.3. The van der Waals surface area contributed by atoms with E-state index in [0.29, 0.717) is 39.4 Å². The molecule has 0 fully saturated rings. The maximum absolute atomic E-state index is 14.4. The molecule has 0 aliphatic carbocycles. The second-order valence-corrected chi connectivity index (χ2v) is 30.3. The van der Waals surface area contributed by atoms with Gasteiger partial charge in [-0.25, -0.2) is 24.5 Å². The van der Waals surface area contributed by atoms with Gasteiger partial charge in [0.25, 0.3) is 0 Å². The molecule has 0 aliphatic heterocycles. The number of aromatic nitrogens is 7. The number of thiophene rings is 1. The first kappa shape index (κ1) is 62.9. The Balaban J connectivity index is 0.694. The van der Waals surface area contributed by atoms with Crippen molar-refractivity contribution in [3.05, 3.63) is 367 Å². The summed E-state index contributed by atoms with van der Waals surface area (Å²) in [5.74, 6) is 1.79. The third-order valence-electron chi connectivity index (χ3n) is 23.1. The van der Waals surface area contributed by atoms with Crippen LogP contribution in [0.5, 0.6) is 0 Å². The van der Waals surface area contributed by atoms with Gasteiger partial charge in [0.05, 0.1) is 54.9 Å². The van der Waals surface area contributed by atoms with Crippen LogP contribution in [0.4, 0.5) is 0 Å². The molecule has 16 aromatic carbocycles. The Labute approximate surface area is 645 Å². The quantitative estimate of drug-likeness (QED) is 0.104. The summed E-state index contributed by atoms with van der Waals surface area (Å²) in [6.07, 6.45) is 0. The summed E-state index contributed by atoms with van der Waals surface area (Å²) in [6.45, 7) is 0. The van der Waals surface area contributed by atoms with E-state index >= 15 is 0 Å². The Bertz CT molecular complexity index is 8300. The monoisotopic (exact) mass is 1460 g/mol. The molecule has 8 aromatic heterocycles. The summed E-state index contributed by atoms with van der Waals surface area (Å²) in [6, 6.07) is 121. The van der Waals surface area contributed by atoms with Gasteiger partial charge in [0.2, 0.25) is 0 Å². The lowest BCUT2D eigenvalue weighted by Gasteiger charge is -2.11. The molecule has 0 bridgehead atoms. The van der Waals surface area contributed by atoms with E-state index in [1.807, 2.05) is 109 Å². The molecule has 0 saturated carbocycles. The number of hydrogen-bond acceptors (Lipinski definition) is 8. The molecule has 0 spiro atoms. The molecule has 0 radical (unpaired) electrons. The van der Waals surface area contributed by atoms with Crippen LogP contribution in [-0.2, 0) is 0 Å². The van der Waals surface area contributed by atoms with Gasteiger partial charge >= 0.3 is 11.3 Å². The molecule has 12 heteroatoms. The number of rotatable bonds is 9. The van der Waals surface area contributed by atoms with Crippen molar-refractivity contribution >= 4 is 162 Å². The van der Waals surface area contributed by atoms with Crippen LogP contribution >= 0.6 is 11.3 Å². The first-order chi connectivity index (χ1) is 55.8. The number of hydrogen-bond donors (Lipinski definition) is 0. The number of nitrogens with zero attached hydrogens (tertiary/aromatic N) is 7. The highest BCUT2D eigenvalue weighted by Gasteiger charge is 2.27. The normalized spacial score (nSPS) is 12.1. The molecule has 526 valence electrons. The average molecular weight is 1460 g/mol. The lowest BCUT2D eigenvalue weighted by Crippen LogP contribution is -2.01. The minimum absolute atomic E-state index is 0.363. The molecule has 0 aliphatic rings. The molecule has 8 heterocycles. The van der Waals surface area contributed by atoms with Crippen molar-refractivity contribution in [1.82, 2.24) is 33.2 Å². The first-order valence-electron chi connectivity index (χ1n) is 37.8. The number of fused-ring (bicyclic) bond motifs is 23. The summed E-state index contributed by atoms with van der Waals surface area (Å²) >= 11 is 1.75. The molecule has 0 amide bonds. The van der Waals surface area contributed by atoms with Gasteiger partial charge in [-0.15, -0.1) is 11.3 Å². The number of para-hydroxylation sites is 3. The molecule has 0 N–H and O–H groups in total. The van der Waals surface area contributed by atoms with E-state index in [1.54, 1.807) is 11.3 Å². The van der Waals surface area contributed by atoms with Crippen molar-refractivity contribution in [3.8, 4) is 79.2 Å². The van der Waals surface area contributed by atoms with Gasteiger partial charge in [-0.05, 0) is 185 Å². The minimum Gasteiger partial charge on any atom is -0.420 e. The van der Waals surface area contributed by atoms with E-state index in [0.717, 1.165) is 191 Å². The third-order valence-corrected chi connectivity index (χ3v) is 24.2. The Hall–Kier alpha value is -15.1. The maximum atomic E-state index is 14.4. The highest BCUT2D eigenvalue weighted by molar-refractivity contribution is 7.25. The predicted molar refractivity (Wildman–Crippen MR) is 464 cm³/mol. The van der Waals surface area contributed by atoms with E-state index in [9.17, 15) is 9.59 Å². The Morgan fingerprint density at radius 2 is 0.611 bits per heavy atom. The topological polar surface area (TPSA) is 119 Å². The smallest absolute Gasteiger partial charge is 0.344 e. The van der Waals surface area contributed by atoms with Gasteiger partial charge in [-0.1, -0.05) is 194 Å². The zero-order valence-electron chi connectivity index (χ0n) is 60.1. The minimum atomic E-state index is -0.391. The fourth-order valence-electron chi connectivity index (χ4n) is 18.0. The standard InChI is InChI=1S/C101H57N7O4S/c109-100-75-31-15-13-28-69(75)73-43-42-72-71-30-17-18-34-84(71)107(93(72)95(73)111-100)66-40-49-88-81(56-66)79-53-61(37-47-86(79)106(88)65-26-11-4-12-27-65)60-36-46-85-78(52-60)80-54-62(38-48-87(80)105(85)64-24-9-3-10-25-64)68-33-19-35-89-92(68)77-45-44-74-70-29-14-16-32-76(70)101(110)112-96(74)94(77)108(89)67-41-51-91-83(57-67)82-55-63(39-50-90(82)113-91)99-103-97(58-20-5-1-6-21-58)102-98(104-99)59-22-7-2-8-23-59/h1-57H. The van der Waals surface area contributed by atoms with Crippen molar-refractivity contribution in [3.63, 3.8) is 0 Å². The SMILES string of the molecule is O=c1oc2c(ccc3c4ccccc4n(-c4ccc5c(c4)c4cc(-c6ccc7c(c6)c6cc(-c8cccc9c8c8ccc%10c%11ccccc%11c(=O)oc%10c8n9-c8ccc9sc%10ccc(-c%11nc(-c%12ccccc%12)nc(-c%12ccccc%12)n%11)cc%10c9c8)ccc6n7-c6ccccc6)ccc4n5-c4ccccc4)c32)c2ccccc12. The molecule has 24 aromatic rings. The molecular weight excluding hydrogens is 1410 g/mol. The van der Waals surface area contributed by atoms with Crippen molar-refractivity contribution in [2.75, 3.05) is 0 Å². The van der Waals surface area contributed by atoms with Gasteiger partial charge in [0, 0.05) is 113 Å². The first-order valence-corrected chi connectivity index (χ1v) is 38.6. The van der Waals surface area contributed by atoms with Gasteiger partial charge in [0.1, 0.15) is 0 Å². The summed E-state index contributed by atoms with van der Waals surface area (Å²) in [5, 5.41) is 15.1. The van der Waals surface area contributed by atoms with Gasteiger partial charge in [-0.2, -0.15) is 0 Å². The Morgan fingerprint density at radius 3 is 1.19 bits per heavy atom. The van der Waals surface area contributed by atoms with Crippen LogP contribution in [-0.4, -0.2) is 33.2 Å². The van der Waals surface area contributed by atoms with Crippen LogP contribution in [0.15, 0.2) is 364 Å². The van der Waals surface area contributed by atoms with Crippen molar-refractivity contribution in [2.24, 2.45) is 0 Å².